The standard InChI is InChI=1S/C13H16N2O2S/c1-2-14-12-10-4-3-8(18-9-6-17-7-9)5-11(10)15-13(12)16/h3-5,9,12,14H,2,6-7H2,1H3,(H,15,16). The molecule has 2 heterocycles. The van der Waals surface area contributed by atoms with Crippen molar-refractivity contribution < 1.29 is 9.53 Å². The summed E-state index contributed by atoms with van der Waals surface area (Å²) in [6.07, 6.45) is 0. The van der Waals surface area contributed by atoms with Crippen molar-refractivity contribution in [3.63, 3.8) is 0 Å². The van der Waals surface area contributed by atoms with Crippen LogP contribution in [0.1, 0.15) is 18.5 Å². The lowest BCUT2D eigenvalue weighted by Crippen LogP contribution is -2.29. The van der Waals surface area contributed by atoms with E-state index < -0.39 is 0 Å². The number of anilines is 1. The Morgan fingerprint density at radius 2 is 2.33 bits per heavy atom. The molecule has 1 unspecified atom stereocenters. The van der Waals surface area contributed by atoms with E-state index in [4.69, 9.17) is 4.74 Å². The third-order valence-corrected chi connectivity index (χ3v) is 4.31. The maximum absolute atomic E-state index is 11.8. The molecule has 0 aromatic heterocycles. The third-order valence-electron chi connectivity index (χ3n) is 3.17. The van der Waals surface area contributed by atoms with E-state index in [9.17, 15) is 4.79 Å². The largest absolute Gasteiger partial charge is 0.379 e. The summed E-state index contributed by atoms with van der Waals surface area (Å²) in [7, 11) is 0. The zero-order valence-corrected chi connectivity index (χ0v) is 11.0. The monoisotopic (exact) mass is 264 g/mol. The zero-order chi connectivity index (χ0) is 12.5. The highest BCUT2D eigenvalue weighted by Crippen LogP contribution is 2.36. The molecule has 18 heavy (non-hydrogen) atoms. The zero-order valence-electron chi connectivity index (χ0n) is 10.2. The van der Waals surface area contributed by atoms with Gasteiger partial charge in [-0.2, -0.15) is 0 Å². The second-order valence-electron chi connectivity index (χ2n) is 4.51. The molecule has 5 heteroatoms. The number of hydrogen-bond acceptors (Lipinski definition) is 4. The lowest BCUT2D eigenvalue weighted by molar-refractivity contribution is -0.117. The van der Waals surface area contributed by atoms with Gasteiger partial charge in [0.1, 0.15) is 6.04 Å². The SMILES string of the molecule is CCNC1C(=O)Nc2cc(SC3COC3)ccc21. The van der Waals surface area contributed by atoms with Crippen LogP contribution in [-0.4, -0.2) is 30.9 Å². The normalized spacial score (nSPS) is 22.5. The number of thioether (sulfide) groups is 1. The van der Waals surface area contributed by atoms with Gasteiger partial charge < -0.3 is 15.4 Å². The lowest BCUT2D eigenvalue weighted by atomic mass is 10.1. The van der Waals surface area contributed by atoms with Gasteiger partial charge in [0.15, 0.2) is 0 Å². The molecule has 2 N–H and O–H groups in total. The Balaban J connectivity index is 1.79. The van der Waals surface area contributed by atoms with Gasteiger partial charge in [-0.05, 0) is 18.7 Å². The highest BCUT2D eigenvalue weighted by Gasteiger charge is 2.30. The van der Waals surface area contributed by atoms with Gasteiger partial charge >= 0.3 is 0 Å². The van der Waals surface area contributed by atoms with Crippen LogP contribution in [0.25, 0.3) is 0 Å². The van der Waals surface area contributed by atoms with Gasteiger partial charge in [-0.15, -0.1) is 11.8 Å². The molecule has 0 saturated carbocycles. The van der Waals surface area contributed by atoms with E-state index >= 15 is 0 Å². The van der Waals surface area contributed by atoms with Crippen molar-refractivity contribution >= 4 is 23.4 Å². The van der Waals surface area contributed by atoms with Crippen molar-refractivity contribution in [2.24, 2.45) is 0 Å². The molecule has 1 aromatic rings. The van der Waals surface area contributed by atoms with E-state index in [0.717, 1.165) is 31.0 Å². The summed E-state index contributed by atoms with van der Waals surface area (Å²) >= 11 is 1.82. The summed E-state index contributed by atoms with van der Waals surface area (Å²) in [5, 5.41) is 6.69. The van der Waals surface area contributed by atoms with Gasteiger partial charge in [-0.25, -0.2) is 0 Å². The van der Waals surface area contributed by atoms with E-state index in [2.05, 4.69) is 22.8 Å². The van der Waals surface area contributed by atoms with Gasteiger partial charge in [-0.3, -0.25) is 4.79 Å². The van der Waals surface area contributed by atoms with Crippen molar-refractivity contribution in [2.75, 3.05) is 25.1 Å². The van der Waals surface area contributed by atoms with Crippen LogP contribution in [0.2, 0.25) is 0 Å². The van der Waals surface area contributed by atoms with E-state index in [1.165, 1.54) is 4.90 Å². The van der Waals surface area contributed by atoms with Crippen LogP contribution in [0.5, 0.6) is 0 Å². The van der Waals surface area contributed by atoms with Gasteiger partial charge in [0.2, 0.25) is 5.91 Å². The Labute approximate surface area is 110 Å². The highest BCUT2D eigenvalue weighted by atomic mass is 32.2. The molecular weight excluding hydrogens is 248 g/mol. The van der Waals surface area contributed by atoms with Gasteiger partial charge in [0.25, 0.3) is 0 Å². The van der Waals surface area contributed by atoms with Crippen LogP contribution in [-0.2, 0) is 9.53 Å². The molecule has 2 aliphatic heterocycles. The predicted molar refractivity (Wildman–Crippen MR) is 72.0 cm³/mol. The first-order chi connectivity index (χ1) is 8.78. The van der Waals surface area contributed by atoms with Gasteiger partial charge in [-0.1, -0.05) is 13.0 Å². The first-order valence-electron chi connectivity index (χ1n) is 6.20. The summed E-state index contributed by atoms with van der Waals surface area (Å²) in [5.41, 5.74) is 1.99. The van der Waals surface area contributed by atoms with E-state index in [1.54, 1.807) is 0 Å². The van der Waals surface area contributed by atoms with Crippen molar-refractivity contribution in [1.82, 2.24) is 5.32 Å². The summed E-state index contributed by atoms with van der Waals surface area (Å²) in [6.45, 7) is 4.45. The Morgan fingerprint density at radius 1 is 1.50 bits per heavy atom. The first-order valence-corrected chi connectivity index (χ1v) is 7.08. The Morgan fingerprint density at radius 3 is 3.00 bits per heavy atom. The third kappa shape index (κ3) is 2.13. The maximum atomic E-state index is 11.8. The van der Waals surface area contributed by atoms with Crippen molar-refractivity contribution in [3.8, 4) is 0 Å². The van der Waals surface area contributed by atoms with Gasteiger partial charge in [0.05, 0.1) is 18.5 Å². The fraction of sp³-hybridized carbons (Fsp3) is 0.462. The number of benzene rings is 1. The molecule has 1 aromatic carbocycles. The summed E-state index contributed by atoms with van der Waals surface area (Å²) in [6, 6.07) is 6.00. The fourth-order valence-electron chi connectivity index (χ4n) is 2.20. The second-order valence-corrected chi connectivity index (χ2v) is 5.88. The van der Waals surface area contributed by atoms with Crippen molar-refractivity contribution in [3.05, 3.63) is 23.8 Å². The number of carbonyl (C=O) groups excluding carboxylic acids is 1. The summed E-state index contributed by atoms with van der Waals surface area (Å²) in [4.78, 5) is 13.0. The number of carbonyl (C=O) groups is 1. The van der Waals surface area contributed by atoms with Crippen LogP contribution in [0, 0.1) is 0 Å². The molecule has 1 amide bonds. The van der Waals surface area contributed by atoms with Crippen LogP contribution >= 0.6 is 11.8 Å². The predicted octanol–water partition coefficient (Wildman–Crippen LogP) is 1.78. The van der Waals surface area contributed by atoms with Crippen molar-refractivity contribution in [1.29, 1.82) is 0 Å². The molecule has 1 atom stereocenters. The number of nitrogens with one attached hydrogen (secondary N) is 2. The molecule has 0 spiro atoms. The minimum absolute atomic E-state index is 0.0426. The second kappa shape index (κ2) is 4.91. The van der Waals surface area contributed by atoms with Crippen LogP contribution in [0.4, 0.5) is 5.69 Å². The Kier molecular flexibility index (Phi) is 3.28. The minimum Gasteiger partial charge on any atom is -0.379 e. The fourth-order valence-corrected chi connectivity index (χ4v) is 3.24. The topological polar surface area (TPSA) is 50.4 Å². The van der Waals surface area contributed by atoms with E-state index in [0.29, 0.717) is 5.25 Å². The van der Waals surface area contributed by atoms with Crippen LogP contribution in [0.3, 0.4) is 0 Å². The molecule has 4 nitrogen and oxygen atoms in total. The molecule has 1 saturated heterocycles. The molecule has 3 rings (SSSR count). The quantitative estimate of drug-likeness (QED) is 0.870. The van der Waals surface area contributed by atoms with E-state index in [-0.39, 0.29) is 11.9 Å². The van der Waals surface area contributed by atoms with Crippen molar-refractivity contribution in [2.45, 2.75) is 23.1 Å². The average molecular weight is 264 g/mol. The number of amides is 1. The Bertz CT molecular complexity index is 474. The number of ether oxygens (including phenoxy) is 1. The molecule has 0 radical (unpaired) electrons. The van der Waals surface area contributed by atoms with E-state index in [1.807, 2.05) is 24.8 Å². The summed E-state index contributed by atoms with van der Waals surface area (Å²) in [5.74, 6) is 0.0426. The number of likely N-dealkylation sites (N-methyl/N-ethyl adjacent to an activating group) is 1. The summed E-state index contributed by atoms with van der Waals surface area (Å²) < 4.78 is 5.17. The van der Waals surface area contributed by atoms with Gasteiger partial charge in [0, 0.05) is 16.1 Å². The van der Waals surface area contributed by atoms with Crippen LogP contribution < -0.4 is 10.6 Å². The molecule has 0 bridgehead atoms. The number of hydrogen-bond donors (Lipinski definition) is 2. The smallest absolute Gasteiger partial charge is 0.246 e. The molecule has 1 fully saturated rings. The maximum Gasteiger partial charge on any atom is 0.246 e. The molecule has 96 valence electrons. The van der Waals surface area contributed by atoms with Crippen LogP contribution in [0.15, 0.2) is 23.1 Å². The molecular formula is C13H16N2O2S. The highest BCUT2D eigenvalue weighted by molar-refractivity contribution is 8.00. The number of fused-ring (bicyclic) bond motifs is 1. The number of rotatable bonds is 4. The Hall–Kier alpha value is -1.04. The molecule has 2 aliphatic rings. The minimum atomic E-state index is -0.198. The molecule has 0 aliphatic carbocycles. The lowest BCUT2D eigenvalue weighted by Gasteiger charge is -2.25. The average Bonchev–Trinajstić information content (AvgIpc) is 2.61. The first kappa shape index (κ1) is 12.0.